The number of hydrogen-bond acceptors (Lipinski definition) is 3. The van der Waals surface area contributed by atoms with E-state index >= 15 is 0 Å². The molecule has 3 nitrogen and oxygen atoms in total. The molecule has 0 spiro atoms. The lowest BCUT2D eigenvalue weighted by molar-refractivity contribution is -0.112. The van der Waals surface area contributed by atoms with Crippen molar-refractivity contribution < 1.29 is 14.3 Å². The van der Waals surface area contributed by atoms with Gasteiger partial charge in [-0.15, -0.1) is 0 Å². The van der Waals surface area contributed by atoms with E-state index in [0.717, 1.165) is 23.1 Å². The molecule has 0 heterocycles. The summed E-state index contributed by atoms with van der Waals surface area (Å²) in [4.78, 5) is 25.0. The normalized spacial score (nSPS) is 17.6. The largest absolute Gasteiger partial charge is 0.381 e. The van der Waals surface area contributed by atoms with Crippen LogP contribution >= 0.6 is 0 Å². The second kappa shape index (κ2) is 5.85. The fourth-order valence-corrected chi connectivity index (χ4v) is 2.90. The van der Waals surface area contributed by atoms with Gasteiger partial charge in [-0.2, -0.15) is 0 Å². The third-order valence-corrected chi connectivity index (χ3v) is 4.18. The van der Waals surface area contributed by atoms with Gasteiger partial charge in [-0.25, -0.2) is 0 Å². The van der Waals surface area contributed by atoms with Gasteiger partial charge in [0.05, 0.1) is 6.10 Å². The molecule has 112 valence electrons. The number of ether oxygens (including phenoxy) is 1. The molecule has 0 aromatic heterocycles. The van der Waals surface area contributed by atoms with Crippen molar-refractivity contribution in [3.63, 3.8) is 0 Å². The van der Waals surface area contributed by atoms with Crippen LogP contribution in [0.3, 0.4) is 0 Å². The lowest BCUT2D eigenvalue weighted by Gasteiger charge is -2.20. The Labute approximate surface area is 130 Å². The summed E-state index contributed by atoms with van der Waals surface area (Å²) in [5.41, 5.74) is 3.84. The van der Waals surface area contributed by atoms with Gasteiger partial charge in [0.2, 0.25) is 11.6 Å². The molecule has 0 N–H and O–H groups in total. The number of benzene rings is 1. The Morgan fingerprint density at radius 1 is 1.18 bits per heavy atom. The Balaban J connectivity index is 2.11. The number of rotatable bonds is 3. The SMILES string of the molecule is COC(C)CC1=Cc2ccc3c(c2C(=O)C1=O)C=CC=CC3. The van der Waals surface area contributed by atoms with Gasteiger partial charge < -0.3 is 4.74 Å². The zero-order valence-corrected chi connectivity index (χ0v) is 12.8. The average Bonchev–Trinajstić information content (AvgIpc) is 2.77. The second-order valence-corrected chi connectivity index (χ2v) is 5.67. The lowest BCUT2D eigenvalue weighted by Crippen LogP contribution is -2.25. The monoisotopic (exact) mass is 294 g/mol. The second-order valence-electron chi connectivity index (χ2n) is 5.67. The lowest BCUT2D eigenvalue weighted by atomic mass is 9.83. The molecule has 1 aromatic rings. The number of methoxy groups -OCH3 is 1. The van der Waals surface area contributed by atoms with Crippen molar-refractivity contribution in [2.24, 2.45) is 0 Å². The van der Waals surface area contributed by atoms with E-state index in [0.29, 0.717) is 17.6 Å². The van der Waals surface area contributed by atoms with E-state index in [1.807, 2.05) is 49.4 Å². The van der Waals surface area contributed by atoms with Crippen LogP contribution in [0.25, 0.3) is 12.2 Å². The van der Waals surface area contributed by atoms with Gasteiger partial charge in [-0.05, 0) is 36.1 Å². The number of allylic oxidation sites excluding steroid dienone is 3. The van der Waals surface area contributed by atoms with Crippen LogP contribution in [0, 0.1) is 0 Å². The highest BCUT2D eigenvalue weighted by atomic mass is 16.5. The van der Waals surface area contributed by atoms with Crippen molar-refractivity contribution in [3.8, 4) is 0 Å². The minimum atomic E-state index is -0.407. The van der Waals surface area contributed by atoms with Gasteiger partial charge in [0, 0.05) is 24.7 Å². The van der Waals surface area contributed by atoms with Crippen molar-refractivity contribution in [2.45, 2.75) is 25.9 Å². The zero-order chi connectivity index (χ0) is 15.7. The highest BCUT2D eigenvalue weighted by Gasteiger charge is 2.30. The molecule has 0 amide bonds. The molecule has 0 saturated heterocycles. The molecule has 0 saturated carbocycles. The van der Waals surface area contributed by atoms with Crippen molar-refractivity contribution >= 4 is 23.7 Å². The maximum absolute atomic E-state index is 12.6. The molecule has 2 aliphatic rings. The smallest absolute Gasteiger partial charge is 0.234 e. The first-order chi connectivity index (χ1) is 10.6. The molecule has 0 bridgehead atoms. The molecular weight excluding hydrogens is 276 g/mol. The number of ketones is 2. The Kier molecular flexibility index (Phi) is 3.90. The van der Waals surface area contributed by atoms with Crippen LogP contribution in [0.4, 0.5) is 0 Å². The number of carbonyl (C=O) groups excluding carboxylic acids is 2. The van der Waals surface area contributed by atoms with Crippen molar-refractivity contribution in [2.75, 3.05) is 7.11 Å². The summed E-state index contributed by atoms with van der Waals surface area (Å²) in [6, 6.07) is 3.97. The molecule has 1 atom stereocenters. The molecular formula is C19H18O3. The van der Waals surface area contributed by atoms with Gasteiger partial charge in [0.25, 0.3) is 0 Å². The molecule has 1 unspecified atom stereocenters. The molecule has 0 radical (unpaired) electrons. The molecule has 0 fully saturated rings. The summed E-state index contributed by atoms with van der Waals surface area (Å²) in [7, 11) is 1.60. The summed E-state index contributed by atoms with van der Waals surface area (Å²) >= 11 is 0. The summed E-state index contributed by atoms with van der Waals surface area (Å²) in [5, 5.41) is 0. The fourth-order valence-electron chi connectivity index (χ4n) is 2.90. The van der Waals surface area contributed by atoms with Crippen LogP contribution in [-0.2, 0) is 16.0 Å². The number of hydrogen-bond donors (Lipinski definition) is 0. The van der Waals surface area contributed by atoms with E-state index in [1.54, 1.807) is 7.11 Å². The Hall–Kier alpha value is -2.26. The first kappa shape index (κ1) is 14.7. The highest BCUT2D eigenvalue weighted by Crippen LogP contribution is 2.31. The van der Waals surface area contributed by atoms with E-state index < -0.39 is 11.6 Å². The minimum absolute atomic E-state index is 0.0885. The van der Waals surface area contributed by atoms with Crippen LogP contribution in [0.5, 0.6) is 0 Å². The average molecular weight is 294 g/mol. The maximum Gasteiger partial charge on any atom is 0.234 e. The summed E-state index contributed by atoms with van der Waals surface area (Å²) in [6.45, 7) is 1.89. The molecule has 2 aliphatic carbocycles. The maximum atomic E-state index is 12.6. The molecule has 3 heteroatoms. The standard InChI is InChI=1S/C19H18O3/c1-12(22-2)10-15-11-14-9-8-13-6-4-3-5-7-16(13)17(14)19(21)18(15)20/h3-5,7-9,11-12H,6,10H2,1-2H3. The number of carbonyl (C=O) groups is 2. The summed E-state index contributed by atoms with van der Waals surface area (Å²) in [6.07, 6.45) is 10.8. The molecule has 1 aromatic carbocycles. The Morgan fingerprint density at radius 3 is 2.77 bits per heavy atom. The Bertz CT molecular complexity index is 735. The fraction of sp³-hybridized carbons (Fsp3) is 0.263. The quantitative estimate of drug-likeness (QED) is 0.803. The third-order valence-electron chi connectivity index (χ3n) is 4.18. The minimum Gasteiger partial charge on any atom is -0.381 e. The van der Waals surface area contributed by atoms with Crippen LogP contribution in [-0.4, -0.2) is 24.8 Å². The zero-order valence-electron chi connectivity index (χ0n) is 12.8. The Morgan fingerprint density at radius 2 is 2.00 bits per heavy atom. The van der Waals surface area contributed by atoms with Crippen molar-refractivity contribution in [1.82, 2.24) is 0 Å². The van der Waals surface area contributed by atoms with Crippen molar-refractivity contribution in [3.05, 3.63) is 58.2 Å². The predicted octanol–water partition coefficient (Wildman–Crippen LogP) is 3.39. The molecule has 3 rings (SSSR count). The van der Waals surface area contributed by atoms with E-state index in [2.05, 4.69) is 0 Å². The van der Waals surface area contributed by atoms with Gasteiger partial charge in [0.15, 0.2) is 0 Å². The predicted molar refractivity (Wildman–Crippen MR) is 86.7 cm³/mol. The summed E-state index contributed by atoms with van der Waals surface area (Å²) < 4.78 is 5.21. The van der Waals surface area contributed by atoms with Crippen LogP contribution < -0.4 is 0 Å². The van der Waals surface area contributed by atoms with Gasteiger partial charge in [-0.1, -0.05) is 36.4 Å². The highest BCUT2D eigenvalue weighted by molar-refractivity contribution is 6.52. The first-order valence-corrected chi connectivity index (χ1v) is 7.43. The van der Waals surface area contributed by atoms with Gasteiger partial charge in [0.1, 0.15) is 0 Å². The number of Topliss-reactive ketones (excluding diaryl/α,β-unsaturated/α-hetero) is 2. The van der Waals surface area contributed by atoms with Gasteiger partial charge in [-0.3, -0.25) is 9.59 Å². The molecule has 0 aliphatic heterocycles. The van der Waals surface area contributed by atoms with E-state index in [9.17, 15) is 9.59 Å². The number of fused-ring (bicyclic) bond motifs is 3. The van der Waals surface area contributed by atoms with Crippen molar-refractivity contribution in [1.29, 1.82) is 0 Å². The van der Waals surface area contributed by atoms with E-state index in [-0.39, 0.29) is 6.10 Å². The topological polar surface area (TPSA) is 43.4 Å². The van der Waals surface area contributed by atoms with Gasteiger partial charge >= 0.3 is 0 Å². The van der Waals surface area contributed by atoms with Crippen LogP contribution in [0.15, 0.2) is 35.9 Å². The first-order valence-electron chi connectivity index (χ1n) is 7.43. The van der Waals surface area contributed by atoms with Crippen LogP contribution in [0.1, 0.15) is 40.4 Å². The van der Waals surface area contributed by atoms with E-state index in [4.69, 9.17) is 4.74 Å². The van der Waals surface area contributed by atoms with E-state index in [1.165, 1.54) is 0 Å². The van der Waals surface area contributed by atoms with Crippen LogP contribution in [0.2, 0.25) is 0 Å². The summed E-state index contributed by atoms with van der Waals surface area (Å²) in [5.74, 6) is -0.811. The third kappa shape index (κ3) is 2.48. The molecule has 22 heavy (non-hydrogen) atoms.